The number of nitrogens with zero attached hydrogens (tertiary/aromatic N) is 2. The number of carbonyl (C=O) groups is 1. The van der Waals surface area contributed by atoms with E-state index < -0.39 is 26.7 Å². The van der Waals surface area contributed by atoms with Crippen LogP contribution in [0.3, 0.4) is 0 Å². The normalized spacial score (nSPS) is 11.7. The van der Waals surface area contributed by atoms with Gasteiger partial charge in [-0.05, 0) is 47.7 Å². The smallest absolute Gasteiger partial charge is 0.294 e. The van der Waals surface area contributed by atoms with Crippen molar-refractivity contribution in [3.05, 3.63) is 81.8 Å². The molecule has 0 unspecified atom stereocenters. The molecule has 0 saturated carbocycles. The Morgan fingerprint density at radius 1 is 1.05 bits per heavy atom. The first-order valence-corrected chi connectivity index (χ1v) is 13.3. The number of hydrogen-bond donors (Lipinski definition) is 3. The van der Waals surface area contributed by atoms with E-state index in [1.807, 2.05) is 0 Å². The maximum Gasteiger partial charge on any atom is 0.294 e. The molecule has 38 heavy (non-hydrogen) atoms. The number of halogens is 2. The molecule has 4 rings (SSSR count). The van der Waals surface area contributed by atoms with Crippen LogP contribution >= 0.6 is 23.2 Å². The number of carbonyl (C=O) groups excluding carboxylic acids is 1. The number of phenolic OH excluding ortho intramolecular Hbond substituents is 1. The van der Waals surface area contributed by atoms with Crippen LogP contribution in [0.1, 0.15) is 22.8 Å². The first-order chi connectivity index (χ1) is 18.0. The van der Waals surface area contributed by atoms with E-state index in [1.54, 1.807) is 43.3 Å². The number of nitrogens with one attached hydrogen (secondary N) is 1. The second kappa shape index (κ2) is 11.0. The van der Waals surface area contributed by atoms with Crippen LogP contribution < -0.4 is 10.1 Å². The van der Waals surface area contributed by atoms with Crippen LogP contribution in [-0.2, 0) is 16.5 Å². The van der Waals surface area contributed by atoms with Crippen LogP contribution in [0, 0.1) is 0 Å². The lowest BCUT2D eigenvalue weighted by atomic mass is 10.0. The molecule has 0 bridgehead atoms. The van der Waals surface area contributed by atoms with Gasteiger partial charge >= 0.3 is 0 Å². The molecule has 0 aliphatic heterocycles. The number of benzene rings is 4. The summed E-state index contributed by atoms with van der Waals surface area (Å²) in [5.41, 5.74) is 0.501. The van der Waals surface area contributed by atoms with Crippen molar-refractivity contribution in [3.63, 3.8) is 0 Å². The van der Waals surface area contributed by atoms with Gasteiger partial charge in [-0.1, -0.05) is 54.4 Å². The predicted molar refractivity (Wildman–Crippen MR) is 146 cm³/mol. The van der Waals surface area contributed by atoms with Crippen LogP contribution in [0.25, 0.3) is 10.8 Å². The van der Waals surface area contributed by atoms with E-state index in [-0.39, 0.29) is 32.7 Å². The summed E-state index contributed by atoms with van der Waals surface area (Å²) in [7, 11) is -3.06. The van der Waals surface area contributed by atoms with E-state index in [0.717, 1.165) is 6.07 Å². The van der Waals surface area contributed by atoms with Gasteiger partial charge in [0.15, 0.2) is 5.75 Å². The molecule has 12 heteroatoms. The maximum atomic E-state index is 13.2. The highest BCUT2D eigenvalue weighted by Gasteiger charge is 2.20. The van der Waals surface area contributed by atoms with Gasteiger partial charge in [-0.15, -0.1) is 10.2 Å². The number of rotatable bonds is 7. The van der Waals surface area contributed by atoms with E-state index in [0.29, 0.717) is 28.5 Å². The SMILES string of the molecule is CCc1cc(S(=O)(=O)O)cc(N=Nc2c(O)c(C(=O)Nc3cc(OC)ccc3Cl)cc3ccccc23)c1Cl. The molecule has 4 aromatic carbocycles. The van der Waals surface area contributed by atoms with Crippen molar-refractivity contribution in [2.45, 2.75) is 18.2 Å². The zero-order valence-corrected chi connectivity index (χ0v) is 22.4. The minimum absolute atomic E-state index is 0.0415. The van der Waals surface area contributed by atoms with Crippen LogP contribution in [-0.4, -0.2) is 31.1 Å². The Morgan fingerprint density at radius 3 is 2.47 bits per heavy atom. The molecule has 0 spiro atoms. The lowest BCUT2D eigenvalue weighted by molar-refractivity contribution is 0.102. The summed E-state index contributed by atoms with van der Waals surface area (Å²) in [6.07, 6.45) is 0.362. The monoisotopic (exact) mass is 573 g/mol. The van der Waals surface area contributed by atoms with Crippen molar-refractivity contribution < 1.29 is 27.6 Å². The molecule has 196 valence electrons. The highest BCUT2D eigenvalue weighted by Crippen LogP contribution is 2.41. The third-order valence-corrected chi connectivity index (χ3v) is 7.30. The van der Waals surface area contributed by atoms with Crippen LogP contribution in [0.5, 0.6) is 11.5 Å². The van der Waals surface area contributed by atoms with E-state index >= 15 is 0 Å². The van der Waals surface area contributed by atoms with E-state index in [4.69, 9.17) is 27.9 Å². The minimum Gasteiger partial charge on any atom is -0.505 e. The molecule has 0 fully saturated rings. The maximum absolute atomic E-state index is 13.2. The van der Waals surface area contributed by atoms with Gasteiger partial charge in [-0.3, -0.25) is 9.35 Å². The Bertz CT molecular complexity index is 1710. The molecule has 3 N–H and O–H groups in total. The third kappa shape index (κ3) is 5.58. The van der Waals surface area contributed by atoms with Gasteiger partial charge in [-0.25, -0.2) is 0 Å². The highest BCUT2D eigenvalue weighted by atomic mass is 35.5. The first kappa shape index (κ1) is 27.3. The number of aromatic hydroxyl groups is 1. The Morgan fingerprint density at radius 2 is 1.79 bits per heavy atom. The Balaban J connectivity index is 1.83. The quantitative estimate of drug-likeness (QED) is 0.156. The van der Waals surface area contributed by atoms with E-state index in [1.165, 1.54) is 25.3 Å². The van der Waals surface area contributed by atoms with Crippen molar-refractivity contribution in [1.29, 1.82) is 0 Å². The lowest BCUT2D eigenvalue weighted by Crippen LogP contribution is -2.12. The van der Waals surface area contributed by atoms with Crippen molar-refractivity contribution in [1.82, 2.24) is 0 Å². The number of phenols is 1. The van der Waals surface area contributed by atoms with Gasteiger partial charge < -0.3 is 15.2 Å². The first-order valence-electron chi connectivity index (χ1n) is 11.1. The standard InChI is InChI=1S/C26H21Cl2N3O6S/c1-3-14-10-17(38(34,35)36)13-22(23(14)28)30-31-24-18-7-5-4-6-15(18)11-19(25(24)32)26(33)29-21-12-16(37-2)8-9-20(21)27/h4-13,32H,3H2,1-2H3,(H,29,33)(H,34,35,36). The van der Waals surface area contributed by atoms with Crippen LogP contribution in [0.2, 0.25) is 10.0 Å². The molecular weight excluding hydrogens is 553 g/mol. The zero-order chi connectivity index (χ0) is 27.6. The molecule has 1 amide bonds. The van der Waals surface area contributed by atoms with Gasteiger partial charge in [0.05, 0.1) is 33.3 Å². The van der Waals surface area contributed by atoms with E-state index in [9.17, 15) is 22.9 Å². The molecule has 0 aromatic heterocycles. The van der Waals surface area contributed by atoms with Crippen LogP contribution in [0.4, 0.5) is 17.1 Å². The zero-order valence-electron chi connectivity index (χ0n) is 20.1. The van der Waals surface area contributed by atoms with Gasteiger partial charge in [-0.2, -0.15) is 8.42 Å². The Labute approximate surface area is 228 Å². The largest absolute Gasteiger partial charge is 0.505 e. The number of anilines is 1. The van der Waals surface area contributed by atoms with Crippen molar-refractivity contribution in [3.8, 4) is 11.5 Å². The van der Waals surface area contributed by atoms with Gasteiger partial charge in [0, 0.05) is 11.5 Å². The number of fused-ring (bicyclic) bond motifs is 1. The average molecular weight is 574 g/mol. The molecule has 0 saturated heterocycles. The number of aryl methyl sites for hydroxylation is 1. The van der Waals surface area contributed by atoms with Crippen molar-refractivity contribution in [2.24, 2.45) is 10.2 Å². The molecular formula is C26H21Cl2N3O6S. The number of amides is 1. The number of ether oxygens (including phenoxy) is 1. The molecule has 4 aromatic rings. The summed E-state index contributed by atoms with van der Waals surface area (Å²) < 4.78 is 38.2. The molecule has 0 radical (unpaired) electrons. The molecule has 0 heterocycles. The summed E-state index contributed by atoms with van der Waals surface area (Å²) in [6.45, 7) is 1.76. The number of hydrogen-bond acceptors (Lipinski definition) is 7. The second-order valence-corrected chi connectivity index (χ2v) is 10.3. The molecule has 9 nitrogen and oxygen atoms in total. The van der Waals surface area contributed by atoms with Crippen molar-refractivity contribution >= 4 is 67.1 Å². The summed E-state index contributed by atoms with van der Waals surface area (Å²) in [5.74, 6) is -0.668. The third-order valence-electron chi connectivity index (χ3n) is 5.70. The van der Waals surface area contributed by atoms with Gasteiger partial charge in [0.2, 0.25) is 0 Å². The van der Waals surface area contributed by atoms with Crippen molar-refractivity contribution in [2.75, 3.05) is 12.4 Å². The van der Waals surface area contributed by atoms with Gasteiger partial charge in [0.1, 0.15) is 17.1 Å². The highest BCUT2D eigenvalue weighted by molar-refractivity contribution is 7.85. The Hall–Kier alpha value is -3.70. The van der Waals surface area contributed by atoms with Crippen LogP contribution in [0.15, 0.2) is 75.8 Å². The topological polar surface area (TPSA) is 138 Å². The molecule has 0 aliphatic carbocycles. The summed E-state index contributed by atoms with van der Waals surface area (Å²) in [5, 5.41) is 23.4. The summed E-state index contributed by atoms with van der Waals surface area (Å²) >= 11 is 12.6. The minimum atomic E-state index is -4.54. The number of methoxy groups -OCH3 is 1. The Kier molecular flexibility index (Phi) is 7.89. The lowest BCUT2D eigenvalue weighted by Gasteiger charge is -2.13. The fourth-order valence-corrected chi connectivity index (χ4v) is 4.73. The van der Waals surface area contributed by atoms with E-state index in [2.05, 4.69) is 15.5 Å². The molecule has 0 atom stereocenters. The molecule has 0 aliphatic rings. The predicted octanol–water partition coefficient (Wildman–Crippen LogP) is 7.34. The fourth-order valence-electron chi connectivity index (χ4n) is 3.73. The van der Waals surface area contributed by atoms with Gasteiger partial charge in [0.25, 0.3) is 16.0 Å². The number of azo groups is 1. The average Bonchev–Trinajstić information content (AvgIpc) is 2.89. The summed E-state index contributed by atoms with van der Waals surface area (Å²) in [4.78, 5) is 12.8. The fraction of sp³-hybridized carbons (Fsp3) is 0.115. The summed E-state index contributed by atoms with van der Waals surface area (Å²) in [6, 6.07) is 15.4. The second-order valence-electron chi connectivity index (χ2n) is 8.09.